The first-order chi connectivity index (χ1) is 10.6. The van der Waals surface area contributed by atoms with Gasteiger partial charge in [0.1, 0.15) is 0 Å². The molecule has 1 N–H and O–H groups in total. The van der Waals surface area contributed by atoms with Crippen LogP contribution in [0.5, 0.6) is 0 Å². The number of amides is 1. The van der Waals surface area contributed by atoms with Crippen molar-refractivity contribution in [1.82, 2.24) is 5.32 Å². The number of carbonyl (C=O) groups excluding carboxylic acids is 1. The highest BCUT2D eigenvalue weighted by Gasteiger charge is 2.23. The molecule has 0 atom stereocenters. The van der Waals surface area contributed by atoms with E-state index in [-0.39, 0.29) is 5.91 Å². The first-order valence-electron chi connectivity index (χ1n) is 9.56. The highest BCUT2D eigenvalue weighted by molar-refractivity contribution is 5.76. The predicted molar refractivity (Wildman–Crippen MR) is 93.0 cm³/mol. The monoisotopic (exact) mass is 311 g/mol. The summed E-state index contributed by atoms with van der Waals surface area (Å²) in [5.74, 6) is 0.252. The SMILES string of the molecule is CCCCCCCCCC(=O)NC1CCC(OC(C)C)CC1. The van der Waals surface area contributed by atoms with Crippen molar-refractivity contribution >= 4 is 5.91 Å². The molecule has 0 unspecified atom stereocenters. The number of carbonyl (C=O) groups is 1. The van der Waals surface area contributed by atoms with Crippen LogP contribution in [0.15, 0.2) is 0 Å². The van der Waals surface area contributed by atoms with Crippen LogP contribution in [0.3, 0.4) is 0 Å². The molecule has 0 aliphatic heterocycles. The molecule has 0 aromatic carbocycles. The van der Waals surface area contributed by atoms with Crippen molar-refractivity contribution in [3.63, 3.8) is 0 Å². The van der Waals surface area contributed by atoms with Gasteiger partial charge < -0.3 is 10.1 Å². The molecule has 1 aliphatic carbocycles. The minimum atomic E-state index is 0.252. The molecule has 3 heteroatoms. The van der Waals surface area contributed by atoms with Crippen molar-refractivity contribution in [2.24, 2.45) is 0 Å². The minimum absolute atomic E-state index is 0.252. The molecule has 0 saturated heterocycles. The highest BCUT2D eigenvalue weighted by Crippen LogP contribution is 2.22. The molecule has 22 heavy (non-hydrogen) atoms. The third kappa shape index (κ3) is 9.45. The van der Waals surface area contributed by atoms with E-state index >= 15 is 0 Å². The average Bonchev–Trinajstić information content (AvgIpc) is 2.48. The maximum atomic E-state index is 12.0. The van der Waals surface area contributed by atoms with Gasteiger partial charge >= 0.3 is 0 Å². The van der Waals surface area contributed by atoms with Gasteiger partial charge in [-0.1, -0.05) is 45.4 Å². The van der Waals surface area contributed by atoms with E-state index in [4.69, 9.17) is 4.74 Å². The van der Waals surface area contributed by atoms with E-state index in [9.17, 15) is 4.79 Å². The van der Waals surface area contributed by atoms with Crippen molar-refractivity contribution in [2.45, 2.75) is 116 Å². The molecule has 1 fully saturated rings. The van der Waals surface area contributed by atoms with Crippen LogP contribution in [0.1, 0.15) is 97.8 Å². The Balaban J connectivity index is 1.99. The molecule has 0 aromatic heterocycles. The quantitative estimate of drug-likeness (QED) is 0.546. The van der Waals surface area contributed by atoms with Crippen LogP contribution in [0.2, 0.25) is 0 Å². The van der Waals surface area contributed by atoms with Gasteiger partial charge in [-0.05, 0) is 46.0 Å². The predicted octanol–water partition coefficient (Wildman–Crippen LogP) is 4.98. The largest absolute Gasteiger partial charge is 0.376 e. The highest BCUT2D eigenvalue weighted by atomic mass is 16.5. The van der Waals surface area contributed by atoms with Crippen LogP contribution in [0, 0.1) is 0 Å². The molecule has 0 heterocycles. The topological polar surface area (TPSA) is 38.3 Å². The summed E-state index contributed by atoms with van der Waals surface area (Å²) in [5, 5.41) is 3.21. The van der Waals surface area contributed by atoms with Crippen LogP contribution >= 0.6 is 0 Å². The number of rotatable bonds is 11. The first kappa shape index (κ1) is 19.5. The van der Waals surface area contributed by atoms with Gasteiger partial charge in [-0.2, -0.15) is 0 Å². The fraction of sp³-hybridized carbons (Fsp3) is 0.947. The van der Waals surface area contributed by atoms with Crippen molar-refractivity contribution in [3.8, 4) is 0 Å². The van der Waals surface area contributed by atoms with Crippen LogP contribution in [-0.4, -0.2) is 24.2 Å². The second-order valence-electron chi connectivity index (χ2n) is 7.10. The van der Waals surface area contributed by atoms with Gasteiger partial charge in [-0.3, -0.25) is 4.79 Å². The van der Waals surface area contributed by atoms with E-state index in [0.717, 1.165) is 32.1 Å². The summed E-state index contributed by atoms with van der Waals surface area (Å²) in [5.41, 5.74) is 0. The van der Waals surface area contributed by atoms with Gasteiger partial charge in [-0.15, -0.1) is 0 Å². The van der Waals surface area contributed by atoms with Gasteiger partial charge in [0.2, 0.25) is 5.91 Å². The maximum Gasteiger partial charge on any atom is 0.220 e. The van der Waals surface area contributed by atoms with Crippen LogP contribution in [-0.2, 0) is 9.53 Å². The molecule has 1 aliphatic rings. The summed E-state index contributed by atoms with van der Waals surface area (Å²) in [7, 11) is 0. The lowest BCUT2D eigenvalue weighted by atomic mass is 9.92. The Hall–Kier alpha value is -0.570. The molecule has 0 spiro atoms. The molecule has 3 nitrogen and oxygen atoms in total. The Morgan fingerprint density at radius 2 is 1.59 bits per heavy atom. The Labute approximate surface area is 137 Å². The number of nitrogens with one attached hydrogen (secondary N) is 1. The molecule has 0 aromatic rings. The van der Waals surface area contributed by atoms with E-state index < -0.39 is 0 Å². The standard InChI is InChI=1S/C19H37NO2/c1-4-5-6-7-8-9-10-11-19(21)20-17-12-14-18(15-13-17)22-16(2)3/h16-18H,4-15H2,1-3H3,(H,20,21). The third-order valence-electron chi connectivity index (χ3n) is 4.51. The fourth-order valence-corrected chi connectivity index (χ4v) is 3.27. The maximum absolute atomic E-state index is 12.0. The van der Waals surface area contributed by atoms with Gasteiger partial charge in [0, 0.05) is 12.5 Å². The Bertz CT molecular complexity index is 283. The number of hydrogen-bond donors (Lipinski definition) is 1. The van der Waals surface area contributed by atoms with E-state index in [1.165, 1.54) is 38.5 Å². The molecule has 130 valence electrons. The van der Waals surface area contributed by atoms with E-state index in [2.05, 4.69) is 26.1 Å². The summed E-state index contributed by atoms with van der Waals surface area (Å²) >= 11 is 0. The van der Waals surface area contributed by atoms with E-state index in [1.807, 2.05) is 0 Å². The Morgan fingerprint density at radius 1 is 1.00 bits per heavy atom. The number of unbranched alkanes of at least 4 members (excludes halogenated alkanes) is 6. The molecule has 0 radical (unpaired) electrons. The Morgan fingerprint density at radius 3 is 2.18 bits per heavy atom. The van der Waals surface area contributed by atoms with Crippen LogP contribution < -0.4 is 5.32 Å². The second kappa shape index (κ2) is 11.9. The van der Waals surface area contributed by atoms with Gasteiger partial charge in [-0.25, -0.2) is 0 Å². The molecule has 1 rings (SSSR count). The summed E-state index contributed by atoms with van der Waals surface area (Å²) in [6.07, 6.45) is 14.6. The van der Waals surface area contributed by atoms with Gasteiger partial charge in [0.05, 0.1) is 12.2 Å². The summed E-state index contributed by atoms with van der Waals surface area (Å²) in [4.78, 5) is 12.0. The van der Waals surface area contributed by atoms with Gasteiger partial charge in [0.15, 0.2) is 0 Å². The van der Waals surface area contributed by atoms with E-state index in [0.29, 0.717) is 24.7 Å². The molecule has 1 saturated carbocycles. The van der Waals surface area contributed by atoms with Crippen LogP contribution in [0.25, 0.3) is 0 Å². The lowest BCUT2D eigenvalue weighted by Gasteiger charge is -2.30. The molecular weight excluding hydrogens is 274 g/mol. The smallest absolute Gasteiger partial charge is 0.220 e. The normalized spacial score (nSPS) is 22.0. The summed E-state index contributed by atoms with van der Waals surface area (Å²) in [6, 6.07) is 0.379. The molecular formula is C19H37NO2. The zero-order valence-corrected chi connectivity index (χ0v) is 15.0. The van der Waals surface area contributed by atoms with Crippen molar-refractivity contribution in [1.29, 1.82) is 0 Å². The minimum Gasteiger partial charge on any atom is -0.376 e. The van der Waals surface area contributed by atoms with Gasteiger partial charge in [0.25, 0.3) is 0 Å². The fourth-order valence-electron chi connectivity index (χ4n) is 3.27. The van der Waals surface area contributed by atoms with Crippen molar-refractivity contribution in [2.75, 3.05) is 0 Å². The van der Waals surface area contributed by atoms with Crippen LogP contribution in [0.4, 0.5) is 0 Å². The van der Waals surface area contributed by atoms with E-state index in [1.54, 1.807) is 0 Å². The lowest BCUT2D eigenvalue weighted by Crippen LogP contribution is -2.39. The zero-order valence-electron chi connectivity index (χ0n) is 15.0. The van der Waals surface area contributed by atoms with Crippen molar-refractivity contribution in [3.05, 3.63) is 0 Å². The first-order valence-corrected chi connectivity index (χ1v) is 9.56. The Kier molecular flexibility index (Phi) is 10.6. The summed E-state index contributed by atoms with van der Waals surface area (Å²) in [6.45, 7) is 6.43. The summed E-state index contributed by atoms with van der Waals surface area (Å²) < 4.78 is 5.85. The zero-order chi connectivity index (χ0) is 16.2. The van der Waals surface area contributed by atoms with Crippen molar-refractivity contribution < 1.29 is 9.53 Å². The molecule has 0 bridgehead atoms. The lowest BCUT2D eigenvalue weighted by molar-refractivity contribution is -0.122. The molecule has 1 amide bonds. The third-order valence-corrected chi connectivity index (χ3v) is 4.51. The second-order valence-corrected chi connectivity index (χ2v) is 7.10. The number of ether oxygens (including phenoxy) is 1. The average molecular weight is 312 g/mol. The number of hydrogen-bond acceptors (Lipinski definition) is 2.